The first kappa shape index (κ1) is 16.7. The first-order valence-electron chi connectivity index (χ1n) is 7.00. The highest BCUT2D eigenvalue weighted by molar-refractivity contribution is 8.01. The number of hydrogen-bond acceptors (Lipinski definition) is 5. The lowest BCUT2D eigenvalue weighted by molar-refractivity contribution is 0.197. The van der Waals surface area contributed by atoms with Gasteiger partial charge in [-0.3, -0.25) is 4.90 Å². The van der Waals surface area contributed by atoms with Gasteiger partial charge in [-0.15, -0.1) is 0 Å². The van der Waals surface area contributed by atoms with Crippen LogP contribution in [-0.4, -0.2) is 49.0 Å². The van der Waals surface area contributed by atoms with Gasteiger partial charge in [-0.2, -0.15) is 11.8 Å². The summed E-state index contributed by atoms with van der Waals surface area (Å²) in [6, 6.07) is 5.95. The molecule has 0 amide bonds. The molecular formula is C14H21FN2O2S2. The monoisotopic (exact) mass is 332 g/mol. The summed E-state index contributed by atoms with van der Waals surface area (Å²) in [6.07, 6.45) is 0. The Morgan fingerprint density at radius 3 is 2.67 bits per heavy atom. The van der Waals surface area contributed by atoms with Crippen LogP contribution in [-0.2, 0) is 9.84 Å². The lowest BCUT2D eigenvalue weighted by Gasteiger charge is -2.40. The van der Waals surface area contributed by atoms with Crippen molar-refractivity contribution in [3.63, 3.8) is 0 Å². The molecule has 118 valence electrons. The summed E-state index contributed by atoms with van der Waals surface area (Å²) < 4.78 is 37.7. The van der Waals surface area contributed by atoms with Crippen LogP contribution in [0.3, 0.4) is 0 Å². The van der Waals surface area contributed by atoms with Crippen LogP contribution in [0.15, 0.2) is 24.3 Å². The van der Waals surface area contributed by atoms with Gasteiger partial charge in [0.2, 0.25) is 0 Å². The Balaban J connectivity index is 2.32. The molecule has 1 aromatic rings. The average molecular weight is 332 g/mol. The molecule has 2 atom stereocenters. The summed E-state index contributed by atoms with van der Waals surface area (Å²) in [5.74, 6) is 1.26. The third-order valence-corrected chi connectivity index (χ3v) is 7.12. The van der Waals surface area contributed by atoms with Gasteiger partial charge < -0.3 is 5.73 Å². The maximum Gasteiger partial charge on any atom is 0.166 e. The summed E-state index contributed by atoms with van der Waals surface area (Å²) in [4.78, 5) is 1.96. The van der Waals surface area contributed by atoms with Crippen molar-refractivity contribution in [2.75, 3.05) is 30.3 Å². The zero-order valence-electron chi connectivity index (χ0n) is 12.0. The fourth-order valence-electron chi connectivity index (χ4n) is 2.60. The van der Waals surface area contributed by atoms with Crippen LogP contribution in [0.2, 0.25) is 0 Å². The highest BCUT2D eigenvalue weighted by atomic mass is 32.2. The minimum absolute atomic E-state index is 0.120. The molecule has 0 aliphatic carbocycles. The Morgan fingerprint density at radius 2 is 2.10 bits per heavy atom. The van der Waals surface area contributed by atoms with Crippen LogP contribution < -0.4 is 5.73 Å². The van der Waals surface area contributed by atoms with Crippen molar-refractivity contribution in [2.24, 2.45) is 5.73 Å². The van der Waals surface area contributed by atoms with E-state index in [0.717, 1.165) is 11.3 Å². The summed E-state index contributed by atoms with van der Waals surface area (Å²) in [5.41, 5.74) is 6.75. The molecule has 7 heteroatoms. The number of nitrogens with zero attached hydrogens (tertiary/aromatic N) is 1. The Bertz CT molecular complexity index is 563. The van der Waals surface area contributed by atoms with Crippen molar-refractivity contribution < 1.29 is 12.8 Å². The first-order chi connectivity index (χ1) is 9.99. The SMILES string of the molecule is CCS(=O)(=O)C1CSCCN1C(CN)c1ccc(F)cc1. The molecule has 21 heavy (non-hydrogen) atoms. The Labute approximate surface area is 129 Å². The highest BCUT2D eigenvalue weighted by Crippen LogP contribution is 2.30. The third kappa shape index (κ3) is 3.77. The number of halogens is 1. The van der Waals surface area contributed by atoms with E-state index in [1.807, 2.05) is 4.90 Å². The van der Waals surface area contributed by atoms with E-state index in [9.17, 15) is 12.8 Å². The topological polar surface area (TPSA) is 63.4 Å². The number of thioether (sulfide) groups is 1. The molecule has 4 nitrogen and oxygen atoms in total. The molecule has 0 bridgehead atoms. The normalized spacial score (nSPS) is 22.1. The first-order valence-corrected chi connectivity index (χ1v) is 9.87. The van der Waals surface area contributed by atoms with E-state index < -0.39 is 15.2 Å². The lowest BCUT2D eigenvalue weighted by atomic mass is 10.1. The average Bonchev–Trinajstić information content (AvgIpc) is 2.50. The van der Waals surface area contributed by atoms with E-state index in [-0.39, 0.29) is 17.6 Å². The van der Waals surface area contributed by atoms with E-state index >= 15 is 0 Å². The molecule has 1 aliphatic rings. The maximum atomic E-state index is 13.1. The predicted molar refractivity (Wildman–Crippen MR) is 85.5 cm³/mol. The number of rotatable bonds is 5. The Kier molecular flexibility index (Phi) is 5.65. The molecule has 0 saturated carbocycles. The van der Waals surface area contributed by atoms with Crippen LogP contribution in [0.25, 0.3) is 0 Å². The largest absolute Gasteiger partial charge is 0.329 e. The number of hydrogen-bond donors (Lipinski definition) is 1. The van der Waals surface area contributed by atoms with E-state index in [4.69, 9.17) is 5.73 Å². The van der Waals surface area contributed by atoms with Gasteiger partial charge in [-0.25, -0.2) is 12.8 Å². The number of sulfone groups is 1. The number of nitrogens with two attached hydrogens (primary N) is 1. The van der Waals surface area contributed by atoms with Gasteiger partial charge in [0.25, 0.3) is 0 Å². The Morgan fingerprint density at radius 1 is 1.43 bits per heavy atom. The molecule has 1 heterocycles. The summed E-state index contributed by atoms with van der Waals surface area (Å²) in [6.45, 7) is 2.65. The van der Waals surface area contributed by atoms with Gasteiger partial charge in [-0.05, 0) is 17.7 Å². The van der Waals surface area contributed by atoms with Crippen molar-refractivity contribution in [2.45, 2.75) is 18.3 Å². The zero-order valence-corrected chi connectivity index (χ0v) is 13.7. The predicted octanol–water partition coefficient (Wildman–Crippen LogP) is 1.64. The fraction of sp³-hybridized carbons (Fsp3) is 0.571. The second-order valence-corrected chi connectivity index (χ2v) is 8.62. The van der Waals surface area contributed by atoms with Crippen molar-refractivity contribution >= 4 is 21.6 Å². The molecule has 1 saturated heterocycles. The maximum absolute atomic E-state index is 13.1. The second kappa shape index (κ2) is 7.09. The van der Waals surface area contributed by atoms with Gasteiger partial charge in [0.1, 0.15) is 11.2 Å². The minimum atomic E-state index is -3.17. The molecular weight excluding hydrogens is 311 g/mol. The van der Waals surface area contributed by atoms with Crippen LogP contribution in [0, 0.1) is 5.82 Å². The standard InChI is InChI=1S/C14H21FN2O2S2/c1-2-21(18,19)14-10-20-8-7-17(14)13(9-16)11-3-5-12(15)6-4-11/h3-6,13-14H,2,7-10,16H2,1H3. The van der Waals surface area contributed by atoms with Crippen molar-refractivity contribution in [1.82, 2.24) is 4.90 Å². The fourth-order valence-corrected chi connectivity index (χ4v) is 5.67. The summed E-state index contributed by atoms with van der Waals surface area (Å²) in [7, 11) is -3.17. The van der Waals surface area contributed by atoms with Crippen LogP contribution in [0.4, 0.5) is 4.39 Å². The highest BCUT2D eigenvalue weighted by Gasteiger charge is 2.36. The third-order valence-electron chi connectivity index (χ3n) is 3.82. The number of benzene rings is 1. The smallest absolute Gasteiger partial charge is 0.166 e. The Hall–Kier alpha value is -0.630. The molecule has 2 N–H and O–H groups in total. The molecule has 0 spiro atoms. The molecule has 0 aromatic heterocycles. The quantitative estimate of drug-likeness (QED) is 0.888. The van der Waals surface area contributed by atoms with E-state index in [1.54, 1.807) is 30.8 Å². The van der Waals surface area contributed by atoms with Crippen molar-refractivity contribution in [3.8, 4) is 0 Å². The lowest BCUT2D eigenvalue weighted by Crippen LogP contribution is -2.50. The van der Waals surface area contributed by atoms with Gasteiger partial charge in [0, 0.05) is 36.4 Å². The molecule has 2 unspecified atom stereocenters. The minimum Gasteiger partial charge on any atom is -0.329 e. The zero-order chi connectivity index (χ0) is 15.5. The van der Waals surface area contributed by atoms with Crippen LogP contribution in [0.1, 0.15) is 18.5 Å². The van der Waals surface area contributed by atoms with E-state index in [2.05, 4.69) is 0 Å². The van der Waals surface area contributed by atoms with E-state index in [1.165, 1.54) is 12.1 Å². The summed E-state index contributed by atoms with van der Waals surface area (Å²) in [5, 5.41) is -0.514. The van der Waals surface area contributed by atoms with Crippen LogP contribution in [0.5, 0.6) is 0 Å². The van der Waals surface area contributed by atoms with Crippen LogP contribution >= 0.6 is 11.8 Å². The molecule has 2 rings (SSSR count). The van der Waals surface area contributed by atoms with Crippen molar-refractivity contribution in [1.29, 1.82) is 0 Å². The molecule has 1 aliphatic heterocycles. The van der Waals surface area contributed by atoms with Gasteiger partial charge in [0.15, 0.2) is 9.84 Å². The van der Waals surface area contributed by atoms with Gasteiger partial charge >= 0.3 is 0 Å². The molecule has 0 radical (unpaired) electrons. The summed E-state index contributed by atoms with van der Waals surface area (Å²) >= 11 is 1.65. The van der Waals surface area contributed by atoms with Gasteiger partial charge in [0.05, 0.1) is 0 Å². The molecule has 1 aromatic carbocycles. The van der Waals surface area contributed by atoms with Crippen molar-refractivity contribution in [3.05, 3.63) is 35.6 Å². The van der Waals surface area contributed by atoms with E-state index in [0.29, 0.717) is 18.8 Å². The van der Waals surface area contributed by atoms with Gasteiger partial charge in [-0.1, -0.05) is 19.1 Å². The molecule has 1 fully saturated rings. The second-order valence-electron chi connectivity index (χ2n) is 5.02.